The molecule has 86 valence electrons. The minimum absolute atomic E-state index is 0.382. The Morgan fingerprint density at radius 2 is 1.94 bits per heavy atom. The fraction of sp³-hybridized carbons (Fsp3) is 0.200. The van der Waals surface area contributed by atoms with Gasteiger partial charge in [0.1, 0.15) is 6.04 Å². The predicted octanol–water partition coefficient (Wildman–Crippen LogP) is -0.780. The summed E-state index contributed by atoms with van der Waals surface area (Å²) in [6.07, 6.45) is 0. The van der Waals surface area contributed by atoms with Crippen molar-refractivity contribution in [1.29, 1.82) is 0 Å². The zero-order valence-corrected chi connectivity index (χ0v) is 8.55. The molecule has 0 heterocycles. The maximum Gasteiger partial charge on any atom is 0.265 e. The number of hydroxylamine groups is 1. The second kappa shape index (κ2) is 5.84. The molecule has 16 heavy (non-hydrogen) atoms. The van der Waals surface area contributed by atoms with E-state index in [9.17, 15) is 9.59 Å². The van der Waals surface area contributed by atoms with E-state index >= 15 is 0 Å². The lowest BCUT2D eigenvalue weighted by molar-refractivity contribution is -0.139. The van der Waals surface area contributed by atoms with E-state index in [1.807, 2.05) is 11.5 Å². The van der Waals surface area contributed by atoms with Crippen LogP contribution in [0.2, 0.25) is 0 Å². The van der Waals surface area contributed by atoms with Gasteiger partial charge in [0.05, 0.1) is 0 Å². The minimum Gasteiger partial charge on any atom is -0.368 e. The number of carbonyl (C=O) groups excluding carboxylic acids is 2. The molecule has 1 rings (SSSR count). The molecule has 0 aliphatic heterocycles. The van der Waals surface area contributed by atoms with Crippen LogP contribution in [0.15, 0.2) is 30.3 Å². The lowest BCUT2D eigenvalue weighted by atomic mass is 10.1. The van der Waals surface area contributed by atoms with Crippen molar-refractivity contribution in [3.8, 4) is 0 Å². The molecule has 0 fully saturated rings. The first-order valence-electron chi connectivity index (χ1n) is 4.61. The van der Waals surface area contributed by atoms with E-state index in [1.54, 1.807) is 24.3 Å². The standard InChI is InChI=1S/C10H13N3O3/c11-8(14)6-16-13-10(15)9(12)7-4-2-1-3-5-7/h1-5,9H,6,12H2,(H2,11,14)(H,13,15)/t9-/m0/s1. The van der Waals surface area contributed by atoms with Gasteiger partial charge in [-0.25, -0.2) is 5.48 Å². The van der Waals surface area contributed by atoms with Crippen LogP contribution in [0.5, 0.6) is 0 Å². The highest BCUT2D eigenvalue weighted by Crippen LogP contribution is 2.08. The Labute approximate surface area is 92.5 Å². The van der Waals surface area contributed by atoms with Gasteiger partial charge in [0, 0.05) is 0 Å². The van der Waals surface area contributed by atoms with E-state index in [0.717, 1.165) is 0 Å². The molecule has 0 saturated carbocycles. The van der Waals surface area contributed by atoms with E-state index in [0.29, 0.717) is 5.56 Å². The first-order valence-corrected chi connectivity index (χ1v) is 4.61. The number of primary amides is 1. The monoisotopic (exact) mass is 223 g/mol. The summed E-state index contributed by atoms with van der Waals surface area (Å²) >= 11 is 0. The van der Waals surface area contributed by atoms with Gasteiger partial charge in [-0.3, -0.25) is 14.4 Å². The Bertz CT molecular complexity index is 367. The first-order chi connectivity index (χ1) is 7.61. The summed E-state index contributed by atoms with van der Waals surface area (Å²) in [7, 11) is 0. The summed E-state index contributed by atoms with van der Waals surface area (Å²) in [5, 5.41) is 0. The van der Waals surface area contributed by atoms with Crippen LogP contribution < -0.4 is 16.9 Å². The predicted molar refractivity (Wildman–Crippen MR) is 56.7 cm³/mol. The molecule has 0 unspecified atom stereocenters. The van der Waals surface area contributed by atoms with Gasteiger partial charge < -0.3 is 11.5 Å². The van der Waals surface area contributed by atoms with E-state index in [1.165, 1.54) is 0 Å². The van der Waals surface area contributed by atoms with Gasteiger partial charge in [0.25, 0.3) is 5.91 Å². The molecule has 0 aliphatic rings. The normalized spacial score (nSPS) is 11.8. The Kier molecular flexibility index (Phi) is 4.43. The van der Waals surface area contributed by atoms with Crippen molar-refractivity contribution in [2.24, 2.45) is 11.5 Å². The van der Waals surface area contributed by atoms with Crippen LogP contribution >= 0.6 is 0 Å². The Morgan fingerprint density at radius 3 is 2.50 bits per heavy atom. The van der Waals surface area contributed by atoms with Gasteiger partial charge in [-0.1, -0.05) is 30.3 Å². The number of nitrogens with two attached hydrogens (primary N) is 2. The smallest absolute Gasteiger partial charge is 0.265 e. The number of benzene rings is 1. The second-order valence-electron chi connectivity index (χ2n) is 3.11. The molecule has 1 aromatic rings. The molecule has 2 amide bonds. The minimum atomic E-state index is -0.839. The number of nitrogens with one attached hydrogen (secondary N) is 1. The third kappa shape index (κ3) is 3.68. The van der Waals surface area contributed by atoms with E-state index < -0.39 is 17.9 Å². The van der Waals surface area contributed by atoms with Crippen molar-refractivity contribution >= 4 is 11.8 Å². The molecule has 5 N–H and O–H groups in total. The molecule has 0 radical (unpaired) electrons. The fourth-order valence-corrected chi connectivity index (χ4v) is 1.05. The van der Waals surface area contributed by atoms with Crippen molar-refractivity contribution in [2.45, 2.75) is 6.04 Å². The molecule has 6 heteroatoms. The second-order valence-corrected chi connectivity index (χ2v) is 3.11. The van der Waals surface area contributed by atoms with Crippen molar-refractivity contribution in [3.63, 3.8) is 0 Å². The van der Waals surface area contributed by atoms with Crippen LogP contribution in [-0.2, 0) is 14.4 Å². The maximum absolute atomic E-state index is 11.4. The van der Waals surface area contributed by atoms with Crippen LogP contribution in [0, 0.1) is 0 Å². The SMILES string of the molecule is NC(=O)CONC(=O)[C@@H](N)c1ccccc1. The molecule has 0 aliphatic carbocycles. The molecule has 0 saturated heterocycles. The third-order valence-corrected chi connectivity index (χ3v) is 1.83. The molecule has 1 aromatic carbocycles. The molecule has 1 atom stereocenters. The van der Waals surface area contributed by atoms with Crippen molar-refractivity contribution in [1.82, 2.24) is 5.48 Å². The fourth-order valence-electron chi connectivity index (χ4n) is 1.05. The van der Waals surface area contributed by atoms with E-state index in [-0.39, 0.29) is 6.61 Å². The molecule has 0 spiro atoms. The number of rotatable bonds is 5. The molecular weight excluding hydrogens is 210 g/mol. The number of amides is 2. The molecule has 0 bridgehead atoms. The van der Waals surface area contributed by atoms with Crippen LogP contribution in [0.25, 0.3) is 0 Å². The highest BCUT2D eigenvalue weighted by atomic mass is 16.7. The van der Waals surface area contributed by atoms with Crippen LogP contribution in [-0.4, -0.2) is 18.4 Å². The average Bonchev–Trinajstić information content (AvgIpc) is 2.28. The van der Waals surface area contributed by atoms with Crippen LogP contribution in [0.3, 0.4) is 0 Å². The van der Waals surface area contributed by atoms with Gasteiger partial charge in [0.15, 0.2) is 6.61 Å². The first kappa shape index (κ1) is 12.2. The Balaban J connectivity index is 2.45. The summed E-state index contributed by atoms with van der Waals surface area (Å²) < 4.78 is 0. The Hall–Kier alpha value is -1.92. The lowest BCUT2D eigenvalue weighted by Gasteiger charge is -2.11. The number of carbonyl (C=O) groups is 2. The zero-order chi connectivity index (χ0) is 12.0. The number of hydrogen-bond acceptors (Lipinski definition) is 4. The number of hydrogen-bond donors (Lipinski definition) is 3. The van der Waals surface area contributed by atoms with Crippen molar-refractivity contribution in [2.75, 3.05) is 6.61 Å². The summed E-state index contributed by atoms with van der Waals surface area (Å²) in [6, 6.07) is 7.96. The zero-order valence-electron chi connectivity index (χ0n) is 8.55. The lowest BCUT2D eigenvalue weighted by Crippen LogP contribution is -2.36. The quantitative estimate of drug-likeness (QED) is 0.569. The van der Waals surface area contributed by atoms with E-state index in [2.05, 4.69) is 4.84 Å². The van der Waals surface area contributed by atoms with Gasteiger partial charge in [-0.2, -0.15) is 0 Å². The highest BCUT2D eigenvalue weighted by molar-refractivity contribution is 5.82. The van der Waals surface area contributed by atoms with E-state index in [4.69, 9.17) is 11.5 Å². The topological polar surface area (TPSA) is 107 Å². The summed E-state index contributed by atoms with van der Waals surface area (Å²) in [5.74, 6) is -1.21. The largest absolute Gasteiger partial charge is 0.368 e. The summed E-state index contributed by atoms with van der Waals surface area (Å²) in [4.78, 5) is 26.3. The summed E-state index contributed by atoms with van der Waals surface area (Å²) in [6.45, 7) is -0.382. The molecule has 6 nitrogen and oxygen atoms in total. The maximum atomic E-state index is 11.4. The van der Waals surface area contributed by atoms with Gasteiger partial charge in [0.2, 0.25) is 5.91 Å². The average molecular weight is 223 g/mol. The summed E-state index contributed by atoms with van der Waals surface area (Å²) in [5.41, 5.74) is 13.2. The van der Waals surface area contributed by atoms with Gasteiger partial charge in [-0.15, -0.1) is 0 Å². The van der Waals surface area contributed by atoms with Crippen molar-refractivity contribution < 1.29 is 14.4 Å². The van der Waals surface area contributed by atoms with Gasteiger partial charge in [-0.05, 0) is 5.56 Å². The van der Waals surface area contributed by atoms with Gasteiger partial charge >= 0.3 is 0 Å². The Morgan fingerprint density at radius 1 is 1.31 bits per heavy atom. The van der Waals surface area contributed by atoms with Crippen LogP contribution in [0.4, 0.5) is 0 Å². The van der Waals surface area contributed by atoms with Crippen LogP contribution in [0.1, 0.15) is 11.6 Å². The third-order valence-electron chi connectivity index (χ3n) is 1.83. The highest BCUT2D eigenvalue weighted by Gasteiger charge is 2.15. The van der Waals surface area contributed by atoms with Crippen molar-refractivity contribution in [3.05, 3.63) is 35.9 Å². The molecule has 0 aromatic heterocycles. The molecular formula is C10H13N3O3.